The number of nitrogens with zero attached hydrogens (tertiary/aromatic N) is 2. The minimum atomic E-state index is -4.94. The van der Waals surface area contributed by atoms with Crippen molar-refractivity contribution in [2.24, 2.45) is 0 Å². The van der Waals surface area contributed by atoms with E-state index >= 15 is 0 Å². The topological polar surface area (TPSA) is 88.2 Å². The maximum absolute atomic E-state index is 12.6. The molecule has 0 spiro atoms. The third-order valence-electron chi connectivity index (χ3n) is 2.41. The van der Waals surface area contributed by atoms with Crippen LogP contribution in [0.15, 0.2) is 4.52 Å². The van der Waals surface area contributed by atoms with Gasteiger partial charge in [-0.2, -0.15) is 18.2 Å². The van der Waals surface area contributed by atoms with Gasteiger partial charge in [-0.1, -0.05) is 12.1 Å². The van der Waals surface area contributed by atoms with Gasteiger partial charge in [0.15, 0.2) is 5.82 Å². The fraction of sp³-hybridized carbons (Fsp3) is 0.667. The largest absolute Gasteiger partial charge is 0.480 e. The van der Waals surface area contributed by atoms with Crippen LogP contribution in [0.5, 0.6) is 0 Å². The molecule has 6 nitrogen and oxygen atoms in total. The van der Waals surface area contributed by atoms with Gasteiger partial charge in [-0.05, 0) is 6.92 Å². The number of aliphatic carboxylic acids is 1. The lowest BCUT2D eigenvalue weighted by molar-refractivity contribution is -0.206. The second kappa shape index (κ2) is 4.92. The number of nitrogens with one attached hydrogen (secondary N) is 1. The number of carboxylic acid groups (broad SMARTS) is 1. The summed E-state index contributed by atoms with van der Waals surface area (Å²) in [5, 5.41) is 14.0. The van der Waals surface area contributed by atoms with Crippen molar-refractivity contribution in [1.29, 1.82) is 0 Å². The Morgan fingerprint density at radius 1 is 1.50 bits per heavy atom. The number of carbonyl (C=O) groups is 1. The molecule has 0 saturated carbocycles. The Morgan fingerprint density at radius 2 is 2.11 bits per heavy atom. The van der Waals surface area contributed by atoms with E-state index in [9.17, 15) is 18.0 Å². The van der Waals surface area contributed by atoms with Crippen molar-refractivity contribution < 1.29 is 27.6 Å². The van der Waals surface area contributed by atoms with E-state index in [-0.39, 0.29) is 5.89 Å². The summed E-state index contributed by atoms with van der Waals surface area (Å²) in [7, 11) is 0. The summed E-state index contributed by atoms with van der Waals surface area (Å²) in [6.45, 7) is 1.81. The first kappa shape index (κ1) is 14.4. The lowest BCUT2D eigenvalue weighted by Crippen LogP contribution is -2.59. The van der Waals surface area contributed by atoms with Gasteiger partial charge in [0.25, 0.3) is 0 Å². The van der Waals surface area contributed by atoms with Gasteiger partial charge in [0.1, 0.15) is 0 Å². The molecule has 102 valence electrons. The summed E-state index contributed by atoms with van der Waals surface area (Å²) < 4.78 is 42.5. The minimum Gasteiger partial charge on any atom is -0.480 e. The van der Waals surface area contributed by atoms with Gasteiger partial charge in [0.05, 0.1) is 6.54 Å². The molecular weight excluding hydrogens is 255 g/mol. The number of hydrogen-bond acceptors (Lipinski definition) is 5. The van der Waals surface area contributed by atoms with Crippen LogP contribution in [-0.2, 0) is 17.8 Å². The molecule has 0 fully saturated rings. The summed E-state index contributed by atoms with van der Waals surface area (Å²) in [5.74, 6) is -1.77. The zero-order valence-corrected chi connectivity index (χ0v) is 9.71. The number of aromatic nitrogens is 2. The number of carboxylic acids is 1. The van der Waals surface area contributed by atoms with Gasteiger partial charge in [-0.15, -0.1) is 0 Å². The molecule has 0 aliphatic heterocycles. The summed E-state index contributed by atoms with van der Waals surface area (Å²) in [6, 6.07) is 0. The Kier molecular flexibility index (Phi) is 3.95. The first-order chi connectivity index (χ1) is 8.20. The molecule has 0 bridgehead atoms. The maximum Gasteiger partial charge on any atom is 0.417 e. The van der Waals surface area contributed by atoms with Crippen LogP contribution in [0.4, 0.5) is 13.2 Å². The Bertz CT molecular complexity index is 432. The van der Waals surface area contributed by atoms with Crippen molar-refractivity contribution in [1.82, 2.24) is 15.5 Å². The van der Waals surface area contributed by atoms with E-state index in [0.29, 0.717) is 19.2 Å². The van der Waals surface area contributed by atoms with Crippen LogP contribution in [0.2, 0.25) is 0 Å². The Balaban J connectivity index is 2.78. The normalized spacial score (nSPS) is 15.4. The molecule has 1 heterocycles. The molecule has 1 aromatic rings. The Hall–Kier alpha value is -1.64. The van der Waals surface area contributed by atoms with Gasteiger partial charge in [-0.25, -0.2) is 4.79 Å². The highest BCUT2D eigenvalue weighted by molar-refractivity contribution is 5.79. The van der Waals surface area contributed by atoms with E-state index in [2.05, 4.69) is 14.7 Å². The van der Waals surface area contributed by atoms with Gasteiger partial charge in [0, 0.05) is 6.42 Å². The summed E-state index contributed by atoms with van der Waals surface area (Å²) in [4.78, 5) is 14.5. The van der Waals surface area contributed by atoms with Crippen LogP contribution in [0.1, 0.15) is 25.6 Å². The average Bonchev–Trinajstić information content (AvgIpc) is 2.71. The van der Waals surface area contributed by atoms with E-state index < -0.39 is 24.2 Å². The van der Waals surface area contributed by atoms with Crippen LogP contribution in [0.25, 0.3) is 0 Å². The fourth-order valence-corrected chi connectivity index (χ4v) is 1.06. The van der Waals surface area contributed by atoms with Crippen LogP contribution in [0.3, 0.4) is 0 Å². The Labute approximate surface area is 100 Å². The van der Waals surface area contributed by atoms with Crippen molar-refractivity contribution in [3.05, 3.63) is 11.7 Å². The van der Waals surface area contributed by atoms with E-state index in [0.717, 1.165) is 0 Å². The summed E-state index contributed by atoms with van der Waals surface area (Å²) in [5.41, 5.74) is -3.06. The molecule has 9 heteroatoms. The van der Waals surface area contributed by atoms with Crippen LogP contribution in [0, 0.1) is 0 Å². The lowest BCUT2D eigenvalue weighted by Gasteiger charge is -2.27. The predicted molar refractivity (Wildman–Crippen MR) is 52.6 cm³/mol. The molecule has 0 aromatic carbocycles. The molecule has 0 aliphatic rings. The number of rotatable bonds is 5. The van der Waals surface area contributed by atoms with Crippen molar-refractivity contribution in [2.45, 2.75) is 38.5 Å². The van der Waals surface area contributed by atoms with Gasteiger partial charge >= 0.3 is 12.1 Å². The smallest absolute Gasteiger partial charge is 0.417 e. The highest BCUT2D eigenvalue weighted by Crippen LogP contribution is 2.30. The number of hydrogen-bond donors (Lipinski definition) is 2. The number of halogens is 3. The second-order valence-corrected chi connectivity index (χ2v) is 3.74. The predicted octanol–water partition coefficient (Wildman–Crippen LogP) is 1.13. The number of alkyl halides is 3. The molecule has 1 atom stereocenters. The quantitative estimate of drug-likeness (QED) is 0.831. The van der Waals surface area contributed by atoms with Gasteiger partial charge in [-0.3, -0.25) is 5.32 Å². The van der Waals surface area contributed by atoms with E-state index in [4.69, 9.17) is 5.11 Å². The summed E-state index contributed by atoms with van der Waals surface area (Å²) >= 11 is 0. The van der Waals surface area contributed by atoms with Crippen molar-refractivity contribution in [3.8, 4) is 0 Å². The highest BCUT2D eigenvalue weighted by Gasteiger charge is 2.57. The van der Waals surface area contributed by atoms with Crippen LogP contribution >= 0.6 is 0 Å². The van der Waals surface area contributed by atoms with E-state index in [1.54, 1.807) is 6.92 Å². The zero-order valence-electron chi connectivity index (χ0n) is 9.71. The van der Waals surface area contributed by atoms with E-state index in [1.807, 2.05) is 5.32 Å². The van der Waals surface area contributed by atoms with Crippen molar-refractivity contribution in [3.63, 3.8) is 0 Å². The van der Waals surface area contributed by atoms with Crippen LogP contribution < -0.4 is 5.32 Å². The molecule has 18 heavy (non-hydrogen) atoms. The van der Waals surface area contributed by atoms with E-state index in [1.165, 1.54) is 0 Å². The fourth-order valence-electron chi connectivity index (χ4n) is 1.06. The monoisotopic (exact) mass is 267 g/mol. The Morgan fingerprint density at radius 3 is 2.50 bits per heavy atom. The van der Waals surface area contributed by atoms with Crippen LogP contribution in [-0.4, -0.2) is 32.9 Å². The van der Waals surface area contributed by atoms with Gasteiger partial charge < -0.3 is 9.63 Å². The maximum atomic E-state index is 12.6. The second-order valence-electron chi connectivity index (χ2n) is 3.74. The standard InChI is InChI=1S/C9H12F3N3O3/c1-3-5-14-6(18-15-5)4-13-8(2,7(16)17)9(10,11)12/h13H,3-4H2,1-2H3,(H,16,17). The highest BCUT2D eigenvalue weighted by atomic mass is 19.4. The molecule has 0 saturated heterocycles. The average molecular weight is 267 g/mol. The molecule has 1 rings (SSSR count). The molecule has 0 radical (unpaired) electrons. The molecule has 0 aliphatic carbocycles. The third-order valence-corrected chi connectivity index (χ3v) is 2.41. The molecule has 0 amide bonds. The van der Waals surface area contributed by atoms with Crippen molar-refractivity contribution >= 4 is 5.97 Å². The first-order valence-corrected chi connectivity index (χ1v) is 5.07. The molecular formula is C9H12F3N3O3. The summed E-state index contributed by atoms with van der Waals surface area (Å²) in [6.07, 6.45) is -4.47. The third kappa shape index (κ3) is 2.78. The SMILES string of the molecule is CCc1noc(CNC(C)(C(=O)O)C(F)(F)F)n1. The molecule has 1 unspecified atom stereocenters. The van der Waals surface area contributed by atoms with Gasteiger partial charge in [0.2, 0.25) is 11.4 Å². The molecule has 2 N–H and O–H groups in total. The lowest BCUT2D eigenvalue weighted by atomic mass is 10.0. The first-order valence-electron chi connectivity index (χ1n) is 5.07. The number of aryl methyl sites for hydroxylation is 1. The molecule has 1 aromatic heterocycles. The van der Waals surface area contributed by atoms with Crippen molar-refractivity contribution in [2.75, 3.05) is 0 Å². The zero-order chi connectivity index (χ0) is 14.0. The minimum absolute atomic E-state index is 0.0939.